The number of aliphatic hydroxyl groups excluding tert-OH is 1. The minimum atomic E-state index is -0.0105. The lowest BCUT2D eigenvalue weighted by Crippen LogP contribution is -2.54. The fraction of sp³-hybridized carbons (Fsp3) is 1.00. The Labute approximate surface area is 133 Å². The molecule has 1 nitrogen and oxygen atoms in total. The lowest BCUT2D eigenvalue weighted by molar-refractivity contribution is -0.116. The highest BCUT2D eigenvalue weighted by Gasteiger charge is 2.63. The van der Waals surface area contributed by atoms with Gasteiger partial charge in [-0.25, -0.2) is 0 Å². The van der Waals surface area contributed by atoms with Crippen LogP contribution in [0.2, 0.25) is 0 Å². The molecule has 9 atom stereocenters. The van der Waals surface area contributed by atoms with Crippen LogP contribution in [0.1, 0.15) is 65.2 Å². The van der Waals surface area contributed by atoms with Gasteiger partial charge in [-0.2, -0.15) is 11.8 Å². The third-order valence-electron chi connectivity index (χ3n) is 8.86. The van der Waals surface area contributed by atoms with Crippen molar-refractivity contribution in [3.63, 3.8) is 0 Å². The minimum absolute atomic E-state index is 0.0105. The van der Waals surface area contributed by atoms with Crippen molar-refractivity contribution in [1.82, 2.24) is 0 Å². The fourth-order valence-electron chi connectivity index (χ4n) is 7.49. The highest BCUT2D eigenvalue weighted by molar-refractivity contribution is 8.07. The van der Waals surface area contributed by atoms with Crippen LogP contribution in [0.4, 0.5) is 0 Å². The van der Waals surface area contributed by atoms with Gasteiger partial charge in [-0.1, -0.05) is 13.8 Å². The zero-order chi connectivity index (χ0) is 14.4. The first-order valence-corrected chi connectivity index (χ1v) is 10.3. The Balaban J connectivity index is 1.47. The zero-order valence-corrected chi connectivity index (χ0v) is 14.4. The average Bonchev–Trinajstić information content (AvgIpc) is 3.12. The van der Waals surface area contributed by atoms with E-state index in [0.717, 1.165) is 40.6 Å². The molecule has 0 radical (unpaired) electrons. The normalized spacial score (nSPS) is 65.0. The molecular formula is C19H30OS. The molecule has 0 aromatic rings. The first-order valence-electron chi connectivity index (χ1n) is 9.36. The van der Waals surface area contributed by atoms with E-state index in [0.29, 0.717) is 5.41 Å². The van der Waals surface area contributed by atoms with Gasteiger partial charge in [0.1, 0.15) is 0 Å². The van der Waals surface area contributed by atoms with Gasteiger partial charge in [-0.15, -0.1) is 0 Å². The van der Waals surface area contributed by atoms with E-state index in [4.69, 9.17) is 0 Å². The molecule has 4 saturated carbocycles. The molecule has 5 aliphatic rings. The van der Waals surface area contributed by atoms with Crippen LogP contribution < -0.4 is 0 Å². The number of hydrogen-bond acceptors (Lipinski definition) is 2. The van der Waals surface area contributed by atoms with E-state index >= 15 is 0 Å². The maximum absolute atomic E-state index is 10.5. The molecule has 118 valence electrons. The van der Waals surface area contributed by atoms with Crippen LogP contribution in [-0.2, 0) is 0 Å². The second-order valence-electron chi connectivity index (χ2n) is 9.45. The van der Waals surface area contributed by atoms with Crippen LogP contribution in [-0.4, -0.2) is 21.7 Å². The van der Waals surface area contributed by atoms with Gasteiger partial charge in [-0.05, 0) is 85.9 Å². The third kappa shape index (κ3) is 1.70. The number of hydrogen-bond donors (Lipinski definition) is 1. The van der Waals surface area contributed by atoms with Gasteiger partial charge >= 0.3 is 0 Å². The number of thioether (sulfide) groups is 1. The fourth-order valence-corrected chi connectivity index (χ4v) is 8.86. The van der Waals surface area contributed by atoms with Crippen molar-refractivity contribution in [1.29, 1.82) is 0 Å². The first kappa shape index (κ1) is 13.7. The van der Waals surface area contributed by atoms with E-state index in [1.807, 2.05) is 0 Å². The summed E-state index contributed by atoms with van der Waals surface area (Å²) in [5.41, 5.74) is 0.901. The molecule has 0 bridgehead atoms. The molecule has 0 unspecified atom stereocenters. The van der Waals surface area contributed by atoms with Crippen molar-refractivity contribution >= 4 is 11.8 Å². The van der Waals surface area contributed by atoms with Gasteiger partial charge in [0.2, 0.25) is 0 Å². The van der Waals surface area contributed by atoms with E-state index < -0.39 is 0 Å². The van der Waals surface area contributed by atoms with Crippen LogP contribution >= 0.6 is 11.8 Å². The highest BCUT2D eigenvalue weighted by atomic mass is 32.2. The predicted molar refractivity (Wildman–Crippen MR) is 88.3 cm³/mol. The molecule has 0 aromatic heterocycles. The molecule has 1 saturated heterocycles. The summed E-state index contributed by atoms with van der Waals surface area (Å²) in [6.07, 6.45) is 11.1. The van der Waals surface area contributed by atoms with E-state index in [-0.39, 0.29) is 11.5 Å². The van der Waals surface area contributed by atoms with Crippen molar-refractivity contribution in [2.45, 2.75) is 81.8 Å². The molecule has 4 aliphatic carbocycles. The van der Waals surface area contributed by atoms with Crippen molar-refractivity contribution in [3.8, 4) is 0 Å². The van der Waals surface area contributed by atoms with Crippen LogP contribution in [0.3, 0.4) is 0 Å². The van der Waals surface area contributed by atoms with Gasteiger partial charge in [-0.3, -0.25) is 0 Å². The van der Waals surface area contributed by atoms with Crippen molar-refractivity contribution < 1.29 is 5.11 Å². The van der Waals surface area contributed by atoms with E-state index in [2.05, 4.69) is 25.6 Å². The summed E-state index contributed by atoms with van der Waals surface area (Å²) in [7, 11) is 0. The van der Waals surface area contributed by atoms with E-state index in [1.165, 1.54) is 44.9 Å². The molecule has 2 heteroatoms. The van der Waals surface area contributed by atoms with Gasteiger partial charge in [0.15, 0.2) is 0 Å². The van der Waals surface area contributed by atoms with E-state index in [9.17, 15) is 5.11 Å². The Kier molecular flexibility index (Phi) is 2.76. The SMILES string of the molecule is C[C@]12C[C@@H]3S[C@@H]3C[C@@H]1CC[C@H]1[C@H]2CC[C@@]2(C)[C@H](O)CC[C@H]12. The van der Waals surface area contributed by atoms with Gasteiger partial charge in [0, 0.05) is 10.5 Å². The molecule has 0 spiro atoms. The molecule has 1 heterocycles. The van der Waals surface area contributed by atoms with Crippen molar-refractivity contribution in [2.75, 3.05) is 0 Å². The molecule has 0 aromatic carbocycles. The number of rotatable bonds is 0. The smallest absolute Gasteiger partial charge is 0.0596 e. The van der Waals surface area contributed by atoms with Crippen LogP contribution in [0.25, 0.3) is 0 Å². The summed E-state index contributed by atoms with van der Waals surface area (Å²) in [5, 5.41) is 12.6. The lowest BCUT2D eigenvalue weighted by Gasteiger charge is -2.60. The lowest BCUT2D eigenvalue weighted by atomic mass is 9.45. The zero-order valence-electron chi connectivity index (χ0n) is 13.6. The number of aliphatic hydroxyl groups is 1. The molecule has 5 fully saturated rings. The van der Waals surface area contributed by atoms with Gasteiger partial charge < -0.3 is 5.11 Å². The molecule has 1 aliphatic heterocycles. The van der Waals surface area contributed by atoms with Crippen LogP contribution in [0.15, 0.2) is 0 Å². The monoisotopic (exact) mass is 306 g/mol. The maximum atomic E-state index is 10.5. The topological polar surface area (TPSA) is 20.2 Å². The van der Waals surface area contributed by atoms with Crippen LogP contribution in [0, 0.1) is 34.5 Å². The maximum Gasteiger partial charge on any atom is 0.0596 e. The van der Waals surface area contributed by atoms with Crippen molar-refractivity contribution in [2.24, 2.45) is 34.5 Å². The summed E-state index contributed by atoms with van der Waals surface area (Å²) < 4.78 is 0. The van der Waals surface area contributed by atoms with Gasteiger partial charge in [0.25, 0.3) is 0 Å². The molecular weight excluding hydrogens is 276 g/mol. The standard InChI is InChI=1S/C19H30OS/c1-18-8-7-14-12(13(18)5-6-17(18)20)4-3-11-9-15-16(21-15)10-19(11,14)2/h11-17,20H,3-10H2,1-2H3/t11-,12+,13+,14+,15+,16-,17+,18+,19-/m0/s1. The summed E-state index contributed by atoms with van der Waals surface area (Å²) in [4.78, 5) is 0. The second kappa shape index (κ2) is 4.23. The Morgan fingerprint density at radius 2 is 1.71 bits per heavy atom. The molecule has 0 amide bonds. The highest BCUT2D eigenvalue weighted by Crippen LogP contribution is 2.70. The molecule has 1 N–H and O–H groups in total. The quantitative estimate of drug-likeness (QED) is 0.666. The molecule has 5 rings (SSSR count). The Bertz CT molecular complexity index is 464. The first-order chi connectivity index (χ1) is 10.0. The number of fused-ring (bicyclic) bond motifs is 6. The summed E-state index contributed by atoms with van der Waals surface area (Å²) in [6, 6.07) is 0. The van der Waals surface area contributed by atoms with Crippen LogP contribution in [0.5, 0.6) is 0 Å². The summed E-state index contributed by atoms with van der Waals surface area (Å²) >= 11 is 2.28. The summed E-state index contributed by atoms with van der Waals surface area (Å²) in [6.45, 7) is 5.07. The second-order valence-corrected chi connectivity index (χ2v) is 10.9. The largest absolute Gasteiger partial charge is 0.393 e. The third-order valence-corrected chi connectivity index (χ3v) is 10.3. The van der Waals surface area contributed by atoms with Gasteiger partial charge in [0.05, 0.1) is 6.10 Å². The predicted octanol–water partition coefficient (Wildman–Crippen LogP) is 4.48. The Hall–Kier alpha value is 0.310. The Morgan fingerprint density at radius 1 is 0.905 bits per heavy atom. The average molecular weight is 307 g/mol. The summed E-state index contributed by atoms with van der Waals surface area (Å²) in [5.74, 6) is 3.75. The Morgan fingerprint density at radius 3 is 2.57 bits per heavy atom. The van der Waals surface area contributed by atoms with Crippen molar-refractivity contribution in [3.05, 3.63) is 0 Å². The van der Waals surface area contributed by atoms with E-state index in [1.54, 1.807) is 0 Å². The molecule has 21 heavy (non-hydrogen) atoms. The minimum Gasteiger partial charge on any atom is -0.393 e.